The van der Waals surface area contributed by atoms with Gasteiger partial charge in [-0.3, -0.25) is 4.79 Å². The molecular formula is C26H34INO5Si. The standard InChI is InChI=1S/C26H34INO5Si/c1-16-25(32-2)21-12-19(27)9-10-22(21)33-26(16)23(34(3,4)31)13-24(30)28-14-18-8-6-5-7-17(18)11-20(28)15-29/h5-10,12,16,20,23,25-26,29,31H,11,13-15H2,1-4H3/t16-,20-,23?,25-,26-/m0/s1. The molecule has 0 aliphatic carbocycles. The number of nitrogens with zero attached hydrogens (tertiary/aromatic N) is 1. The third-order valence-corrected chi connectivity index (χ3v) is 10.4. The number of rotatable bonds is 6. The van der Waals surface area contributed by atoms with Gasteiger partial charge >= 0.3 is 0 Å². The number of carbonyl (C=O) groups excluding carboxylic acids is 1. The van der Waals surface area contributed by atoms with E-state index in [1.807, 2.05) is 43.4 Å². The van der Waals surface area contributed by atoms with Crippen molar-refractivity contribution in [2.24, 2.45) is 5.92 Å². The Morgan fingerprint density at radius 2 is 1.97 bits per heavy atom. The number of benzene rings is 2. The molecule has 8 heteroatoms. The van der Waals surface area contributed by atoms with Crippen LogP contribution in [0, 0.1) is 9.49 Å². The van der Waals surface area contributed by atoms with Crippen molar-refractivity contribution in [1.29, 1.82) is 0 Å². The zero-order valence-corrected chi connectivity index (χ0v) is 23.4. The highest BCUT2D eigenvalue weighted by molar-refractivity contribution is 14.1. The summed E-state index contributed by atoms with van der Waals surface area (Å²) in [7, 11) is -1.11. The Bertz CT molecular complexity index is 1040. The minimum Gasteiger partial charge on any atom is -0.490 e. The van der Waals surface area contributed by atoms with E-state index < -0.39 is 8.32 Å². The zero-order valence-electron chi connectivity index (χ0n) is 20.2. The fourth-order valence-corrected chi connectivity index (χ4v) is 7.83. The van der Waals surface area contributed by atoms with Crippen molar-refractivity contribution >= 4 is 36.8 Å². The Labute approximate surface area is 216 Å². The molecule has 184 valence electrons. The first-order valence-corrected chi connectivity index (χ1v) is 15.9. The number of hydrogen-bond donors (Lipinski definition) is 2. The van der Waals surface area contributed by atoms with Crippen molar-refractivity contribution in [3.8, 4) is 5.75 Å². The number of amides is 1. The number of halogens is 1. The first-order chi connectivity index (χ1) is 16.1. The van der Waals surface area contributed by atoms with Crippen molar-refractivity contribution in [1.82, 2.24) is 4.90 Å². The van der Waals surface area contributed by atoms with Gasteiger partial charge in [-0.05, 0) is 71.4 Å². The van der Waals surface area contributed by atoms with Gasteiger partial charge in [-0.1, -0.05) is 31.2 Å². The lowest BCUT2D eigenvalue weighted by molar-refractivity contribution is -0.136. The van der Waals surface area contributed by atoms with Crippen LogP contribution in [0.25, 0.3) is 0 Å². The second-order valence-electron chi connectivity index (χ2n) is 10.1. The summed E-state index contributed by atoms with van der Waals surface area (Å²) in [5.74, 6) is 0.667. The van der Waals surface area contributed by atoms with Gasteiger partial charge in [0.05, 0.1) is 18.8 Å². The quantitative estimate of drug-likeness (QED) is 0.385. The molecule has 5 atom stereocenters. The van der Waals surface area contributed by atoms with Crippen molar-refractivity contribution in [2.45, 2.75) is 63.2 Å². The lowest BCUT2D eigenvalue weighted by atomic mass is 9.86. The van der Waals surface area contributed by atoms with Crippen molar-refractivity contribution in [3.05, 3.63) is 62.7 Å². The van der Waals surface area contributed by atoms with Crippen LogP contribution in [0.15, 0.2) is 42.5 Å². The van der Waals surface area contributed by atoms with Crippen LogP contribution < -0.4 is 4.74 Å². The summed E-state index contributed by atoms with van der Waals surface area (Å²) in [6, 6.07) is 13.9. The fraction of sp³-hybridized carbons (Fsp3) is 0.500. The Morgan fingerprint density at radius 1 is 1.26 bits per heavy atom. The van der Waals surface area contributed by atoms with Crippen LogP contribution in [-0.4, -0.2) is 54.9 Å². The van der Waals surface area contributed by atoms with E-state index in [4.69, 9.17) is 9.47 Å². The van der Waals surface area contributed by atoms with Crippen LogP contribution in [0.2, 0.25) is 18.6 Å². The molecule has 0 aromatic heterocycles. The molecule has 2 aromatic carbocycles. The van der Waals surface area contributed by atoms with E-state index in [9.17, 15) is 14.7 Å². The summed E-state index contributed by atoms with van der Waals surface area (Å²) in [5, 5.41) is 10.0. The molecule has 34 heavy (non-hydrogen) atoms. The molecule has 2 aromatic rings. The summed E-state index contributed by atoms with van der Waals surface area (Å²) in [6.45, 7) is 6.22. The lowest BCUT2D eigenvalue weighted by Crippen LogP contribution is -2.52. The van der Waals surface area contributed by atoms with Gasteiger partial charge < -0.3 is 24.3 Å². The molecule has 1 unspecified atom stereocenters. The van der Waals surface area contributed by atoms with Gasteiger partial charge in [0.15, 0.2) is 8.32 Å². The van der Waals surface area contributed by atoms with Gasteiger partial charge in [0.1, 0.15) is 11.9 Å². The summed E-state index contributed by atoms with van der Waals surface area (Å²) >= 11 is 2.28. The largest absolute Gasteiger partial charge is 0.490 e. The van der Waals surface area contributed by atoms with E-state index in [0.717, 1.165) is 20.4 Å². The molecule has 0 saturated carbocycles. The van der Waals surface area contributed by atoms with Gasteiger partial charge in [-0.2, -0.15) is 0 Å². The summed E-state index contributed by atoms with van der Waals surface area (Å²) in [4.78, 5) is 26.8. The first kappa shape index (κ1) is 25.6. The van der Waals surface area contributed by atoms with Crippen molar-refractivity contribution in [2.75, 3.05) is 13.7 Å². The van der Waals surface area contributed by atoms with E-state index in [1.165, 1.54) is 5.56 Å². The van der Waals surface area contributed by atoms with Crippen molar-refractivity contribution in [3.63, 3.8) is 0 Å². The topological polar surface area (TPSA) is 79.2 Å². The van der Waals surface area contributed by atoms with E-state index in [1.54, 1.807) is 12.0 Å². The molecule has 0 bridgehead atoms. The van der Waals surface area contributed by atoms with Gasteiger partial charge in [0.25, 0.3) is 0 Å². The molecule has 2 aliphatic rings. The average Bonchev–Trinajstić information content (AvgIpc) is 2.80. The Hall–Kier alpha value is -1.46. The Kier molecular flexibility index (Phi) is 7.73. The lowest BCUT2D eigenvalue weighted by Gasteiger charge is -2.44. The van der Waals surface area contributed by atoms with Gasteiger partial charge in [-0.25, -0.2) is 0 Å². The maximum Gasteiger partial charge on any atom is 0.223 e. The first-order valence-electron chi connectivity index (χ1n) is 11.8. The predicted molar refractivity (Wildman–Crippen MR) is 142 cm³/mol. The minimum atomic E-state index is -2.81. The molecule has 0 fully saturated rings. The van der Waals surface area contributed by atoms with Gasteiger partial charge in [0.2, 0.25) is 5.91 Å². The van der Waals surface area contributed by atoms with Crippen molar-refractivity contribution < 1.29 is 24.2 Å². The van der Waals surface area contributed by atoms with E-state index >= 15 is 0 Å². The van der Waals surface area contributed by atoms with Crippen LogP contribution in [0.1, 0.15) is 36.1 Å². The number of aliphatic hydroxyl groups is 1. The second-order valence-corrected chi connectivity index (χ2v) is 15.4. The van der Waals surface area contributed by atoms with E-state index in [-0.39, 0.29) is 48.6 Å². The maximum atomic E-state index is 13.7. The fourth-order valence-electron chi connectivity index (χ4n) is 5.46. The highest BCUT2D eigenvalue weighted by Crippen LogP contribution is 2.47. The number of carbonyl (C=O) groups is 1. The molecular weight excluding hydrogens is 561 g/mol. The molecule has 2 N–H and O–H groups in total. The summed E-state index contributed by atoms with van der Waals surface area (Å²) in [5.41, 5.74) is 2.98. The smallest absolute Gasteiger partial charge is 0.223 e. The molecule has 6 nitrogen and oxygen atoms in total. The summed E-state index contributed by atoms with van der Waals surface area (Å²) < 4.78 is 13.5. The van der Waals surface area contributed by atoms with Gasteiger partial charge in [-0.15, -0.1) is 0 Å². The number of fused-ring (bicyclic) bond motifs is 2. The molecule has 1 amide bonds. The number of aliphatic hydroxyl groups excluding tert-OH is 1. The number of methoxy groups -OCH3 is 1. The van der Waals surface area contributed by atoms with Gasteiger partial charge in [0, 0.05) is 40.7 Å². The van der Waals surface area contributed by atoms with Crippen LogP contribution in [0.4, 0.5) is 0 Å². The van der Waals surface area contributed by atoms with Crippen LogP contribution in [0.3, 0.4) is 0 Å². The summed E-state index contributed by atoms with van der Waals surface area (Å²) in [6.07, 6.45) is 0.290. The normalized spacial score (nSPS) is 25.2. The molecule has 4 rings (SSSR count). The highest BCUT2D eigenvalue weighted by atomic mass is 127. The van der Waals surface area contributed by atoms with Crippen LogP contribution in [-0.2, 0) is 22.5 Å². The minimum absolute atomic E-state index is 0.0388. The molecule has 0 spiro atoms. The van der Waals surface area contributed by atoms with Crippen LogP contribution in [0.5, 0.6) is 5.75 Å². The highest BCUT2D eigenvalue weighted by Gasteiger charge is 2.48. The molecule has 0 saturated heterocycles. The SMILES string of the molecule is CO[C@@H]1c2cc(I)ccc2O[C@H](C(CC(=O)N2Cc3ccccc3C[C@H]2CO)[Si](C)(C)O)[C@H]1C. The number of hydrogen-bond acceptors (Lipinski definition) is 5. The van der Waals surface area contributed by atoms with Crippen LogP contribution >= 0.6 is 22.6 Å². The Morgan fingerprint density at radius 3 is 2.62 bits per heavy atom. The van der Waals surface area contributed by atoms with E-state index in [2.05, 4.69) is 41.6 Å². The Balaban J connectivity index is 1.62. The zero-order chi connectivity index (χ0) is 24.6. The monoisotopic (exact) mass is 595 g/mol. The third kappa shape index (κ3) is 5.06. The predicted octanol–water partition coefficient (Wildman–Crippen LogP) is 4.28. The number of ether oxygens (including phenoxy) is 2. The maximum absolute atomic E-state index is 13.7. The molecule has 2 aliphatic heterocycles. The van der Waals surface area contributed by atoms with E-state index in [0.29, 0.717) is 13.0 Å². The molecule has 2 heterocycles. The molecule has 0 radical (unpaired) electrons. The second kappa shape index (κ2) is 10.3. The third-order valence-electron chi connectivity index (χ3n) is 7.38. The average molecular weight is 596 g/mol.